The van der Waals surface area contributed by atoms with Gasteiger partial charge in [0.1, 0.15) is 58.1 Å². The number of nitrogens with zero attached hydrogens (tertiary/aromatic N) is 10. The van der Waals surface area contributed by atoms with E-state index in [2.05, 4.69) is 99.9 Å². The normalized spacial score (nSPS) is 19.7. The molecule has 696 valence electrons. The summed E-state index contributed by atoms with van der Waals surface area (Å²) >= 11 is 3.35. The van der Waals surface area contributed by atoms with Crippen LogP contribution in [-0.2, 0) is 66.5 Å². The van der Waals surface area contributed by atoms with Crippen molar-refractivity contribution in [3.63, 3.8) is 0 Å². The number of aromatic nitrogens is 3. The first kappa shape index (κ1) is 94.4. The number of hydrogen-bond donors (Lipinski definition) is 4. The van der Waals surface area contributed by atoms with Crippen LogP contribution in [0.25, 0.3) is 87.4 Å². The Morgan fingerprint density at radius 1 is 0.397 bits per heavy atom. The van der Waals surface area contributed by atoms with E-state index in [1.165, 1.54) is 60.5 Å². The van der Waals surface area contributed by atoms with Gasteiger partial charge in [-0.05, 0) is 266 Å². The van der Waals surface area contributed by atoms with Crippen molar-refractivity contribution in [3.05, 3.63) is 243 Å². The fourth-order valence-electron chi connectivity index (χ4n) is 21.7. The second-order valence-electron chi connectivity index (χ2n) is 37.9. The molecule has 4 fully saturated rings. The van der Waals surface area contributed by atoms with Crippen LogP contribution in [-0.4, -0.2) is 164 Å². The third kappa shape index (κ3) is 18.8. The number of fused-ring (bicyclic) bond motifs is 8. The summed E-state index contributed by atoms with van der Waals surface area (Å²) in [5.74, 6) is 5.15. The minimum absolute atomic E-state index is 0.00114. The van der Waals surface area contributed by atoms with Crippen LogP contribution < -0.4 is 18.9 Å². The molecule has 26 heteroatoms. The number of benzene rings is 8. The molecule has 8 aromatic carbocycles. The highest BCUT2D eigenvalue weighted by Gasteiger charge is 2.53. The third-order valence-electron chi connectivity index (χ3n) is 27.7. The number of β-amino-alcohol motifs (C(OH)–C–C–N with tert-alkyl or cyclic N) is 3. The number of rotatable bonds is 24. The van der Waals surface area contributed by atoms with Crippen molar-refractivity contribution in [2.24, 2.45) is 5.92 Å². The Labute approximate surface area is 800 Å². The Hall–Kier alpha value is -13.4. The molecule has 3 saturated heterocycles. The van der Waals surface area contributed by atoms with Crippen LogP contribution in [0.5, 0.6) is 23.0 Å². The van der Waals surface area contributed by atoms with E-state index in [1.807, 2.05) is 134 Å². The molecule has 4 aromatic heterocycles. The van der Waals surface area contributed by atoms with Gasteiger partial charge >= 0.3 is 0 Å². The van der Waals surface area contributed by atoms with Gasteiger partial charge in [-0.2, -0.15) is 21.0 Å². The number of Topliss-reactive ketones (excluding diaryl/α,β-unsaturated/α-hetero) is 1. The molecule has 5 atom stereocenters. The maximum atomic E-state index is 12.6. The fourth-order valence-corrected chi connectivity index (χ4v) is 23.7. The summed E-state index contributed by atoms with van der Waals surface area (Å²) in [7, 11) is 0. The molecule has 1 saturated carbocycles. The lowest BCUT2D eigenvalue weighted by Gasteiger charge is -2.25. The van der Waals surface area contributed by atoms with E-state index < -0.39 is 0 Å². The summed E-state index contributed by atoms with van der Waals surface area (Å²) in [5.41, 5.74) is 19.1. The maximum Gasteiger partial charge on any atom is 0.226 e. The first-order chi connectivity index (χ1) is 65.7. The quantitative estimate of drug-likeness (QED) is 0.0436. The zero-order valence-electron chi connectivity index (χ0n) is 77.8. The lowest BCUT2D eigenvalue weighted by Crippen LogP contribution is -2.32. The van der Waals surface area contributed by atoms with Gasteiger partial charge in [-0.1, -0.05) is 72.8 Å². The van der Waals surface area contributed by atoms with Gasteiger partial charge in [0, 0.05) is 143 Å². The van der Waals surface area contributed by atoms with Gasteiger partial charge in [0.2, 0.25) is 29.5 Å². The number of ketones is 1. The minimum atomic E-state index is -0.200. The second-order valence-corrected chi connectivity index (χ2v) is 40.0. The van der Waals surface area contributed by atoms with Gasteiger partial charge in [-0.3, -0.25) is 19.2 Å². The van der Waals surface area contributed by atoms with Gasteiger partial charge in [0.15, 0.2) is 11.5 Å². The number of carbonyl (C=O) groups excluding carboxylic acids is 4. The molecule has 20 rings (SSSR count). The number of likely N-dealkylation sites (tertiary alicyclic amines) is 3. The van der Waals surface area contributed by atoms with E-state index >= 15 is 0 Å². The predicted octanol–water partition coefficient (Wildman–Crippen LogP) is 19.0. The van der Waals surface area contributed by atoms with Gasteiger partial charge in [0.25, 0.3) is 0 Å². The zero-order valence-corrected chi connectivity index (χ0v) is 79.4. The highest BCUT2D eigenvalue weighted by Crippen LogP contribution is 2.57. The number of ether oxygens (including phenoxy) is 4. The first-order valence-corrected chi connectivity index (χ1v) is 48.5. The molecule has 4 N–H and O–H groups in total. The van der Waals surface area contributed by atoms with Crippen molar-refractivity contribution >= 4 is 46.2 Å². The maximum absolute atomic E-state index is 12.6. The van der Waals surface area contributed by atoms with Crippen molar-refractivity contribution in [2.75, 3.05) is 65.7 Å². The number of oxazole rings is 2. The lowest BCUT2D eigenvalue weighted by molar-refractivity contribution is -0.128. The molecule has 3 aliphatic heterocycles. The molecule has 4 spiro atoms. The summed E-state index contributed by atoms with van der Waals surface area (Å²) in [6.45, 7) is 18.6. The van der Waals surface area contributed by atoms with Crippen LogP contribution in [0, 0.1) is 51.2 Å². The average Bonchev–Trinajstić information content (AvgIpc) is 1.59. The summed E-state index contributed by atoms with van der Waals surface area (Å²) < 4.78 is 35.3. The molecule has 3 amide bonds. The number of amides is 3. The molecule has 8 aliphatic rings. The Morgan fingerprint density at radius 3 is 1.15 bits per heavy atom. The van der Waals surface area contributed by atoms with E-state index in [9.17, 15) is 60.7 Å². The van der Waals surface area contributed by atoms with E-state index in [4.69, 9.17) is 27.8 Å². The lowest BCUT2D eigenvalue weighted by atomic mass is 9.79. The van der Waals surface area contributed by atoms with Crippen LogP contribution in [0.3, 0.4) is 0 Å². The number of hydrogen-bond acceptors (Lipinski definition) is 23. The SMILES string of the molecule is CC(C)Oc1ccc(-c2ccc(-c3cccc4c3CC[C@]43CC(=O)C(CCO)C3)s2)cc1C#N.CC(C)Oc1ccc(-c2ncc(-c3cccc4c3CC[C@@]43CC(=O)N(CCO)C3)o2)cc1C#N.CC(C)Oc1ccc(-c2ncc(-c3cccc4c3CC[C@@]43CC(=O)N(CCO)C3)s2)cc1C#N.CC(C)Oc1ccc(-c2ncc(-c3cccc4c3CC[C@]43CC(=O)N(CCO)C3)o2)cc1C#N. The summed E-state index contributed by atoms with van der Waals surface area (Å²) in [4.78, 5) is 72.7. The Kier molecular flexibility index (Phi) is 27.7. The predicted molar refractivity (Wildman–Crippen MR) is 519 cm³/mol. The van der Waals surface area contributed by atoms with Crippen molar-refractivity contribution in [3.8, 4) is 135 Å². The number of carbonyl (C=O) groups is 4. The molecule has 24 nitrogen and oxygen atoms in total. The monoisotopic (exact) mass is 1860 g/mol. The number of aliphatic hydroxyl groups is 4. The Morgan fingerprint density at radius 2 is 0.750 bits per heavy atom. The molecule has 7 heterocycles. The van der Waals surface area contributed by atoms with Gasteiger partial charge in [-0.15, -0.1) is 22.7 Å². The van der Waals surface area contributed by atoms with E-state index in [0.717, 1.165) is 94.8 Å². The largest absolute Gasteiger partial charge is 0.490 e. The molecule has 0 bridgehead atoms. The highest BCUT2D eigenvalue weighted by atomic mass is 32.1. The topological polar surface area (TPSA) is 356 Å². The third-order valence-corrected chi connectivity index (χ3v) is 29.9. The molecule has 0 radical (unpaired) electrons. The van der Waals surface area contributed by atoms with Crippen molar-refractivity contribution in [1.82, 2.24) is 29.7 Å². The summed E-state index contributed by atoms with van der Waals surface area (Å²) in [5, 5.41) is 76.4. The zero-order chi connectivity index (χ0) is 95.5. The molecule has 1 unspecified atom stereocenters. The van der Waals surface area contributed by atoms with Crippen molar-refractivity contribution < 1.29 is 67.4 Å². The van der Waals surface area contributed by atoms with Gasteiger partial charge in [-0.25, -0.2) is 15.0 Å². The number of thiophene rings is 1. The van der Waals surface area contributed by atoms with Crippen molar-refractivity contribution in [2.45, 2.75) is 191 Å². The number of aliphatic hydroxyl groups excluding tert-OH is 4. The van der Waals surface area contributed by atoms with Crippen LogP contribution in [0.2, 0.25) is 0 Å². The molecule has 5 aliphatic carbocycles. The Balaban J connectivity index is 0.000000126. The molecule has 12 aromatic rings. The summed E-state index contributed by atoms with van der Waals surface area (Å²) in [6, 6.07) is 60.5. The van der Waals surface area contributed by atoms with E-state index in [0.29, 0.717) is 157 Å². The standard InChI is InChI=1S/C29H29NO3S.2C27H27N3O4.C27H27N3O3S/c1-18(2)33-26-7-6-19(14-21(26)17-30)27-8-9-28(34-27)23-4-3-5-24-22(23)10-12-29(24)15-20(11-13-31)25(32)16-29;3*1-17(2)33-23-7-6-18(12-19(23)14-28)26-29-15-24(34-26)21-4-3-5-22-20(21)8-9-27(22)13-25(32)30(16-27)10-11-31/h3-9,14,18,20,31H,10-13,15-16H2,1-2H3;3*3-7,12,15,17,31H,8-11,13,16H2,1-2H3/t20?,29-;3*27-/m0100/s1. The number of thiazole rings is 1. The average molecular weight is 1860 g/mol. The number of nitriles is 4. The van der Waals surface area contributed by atoms with Crippen molar-refractivity contribution in [1.29, 1.82) is 21.0 Å². The molecule has 136 heavy (non-hydrogen) atoms. The second kappa shape index (κ2) is 39.9. The minimum Gasteiger partial charge on any atom is -0.490 e. The van der Waals surface area contributed by atoms with Crippen LogP contribution in [0.15, 0.2) is 185 Å². The smallest absolute Gasteiger partial charge is 0.226 e. The van der Waals surface area contributed by atoms with Crippen LogP contribution in [0.4, 0.5) is 0 Å². The fraction of sp³-hybridized carbons (Fsp3) is 0.373. The highest BCUT2D eigenvalue weighted by molar-refractivity contribution is 7.19. The summed E-state index contributed by atoms with van der Waals surface area (Å²) in [6.07, 6.45) is 16.2. The van der Waals surface area contributed by atoms with Crippen LogP contribution >= 0.6 is 22.7 Å². The van der Waals surface area contributed by atoms with Gasteiger partial charge in [0.05, 0.1) is 83.8 Å². The first-order valence-electron chi connectivity index (χ1n) is 46.9. The van der Waals surface area contributed by atoms with Crippen LogP contribution in [0.1, 0.15) is 186 Å². The molecular weight excluding hydrogens is 1750 g/mol. The van der Waals surface area contributed by atoms with Gasteiger partial charge < -0.3 is 62.9 Å². The van der Waals surface area contributed by atoms with E-state index in [1.54, 1.807) is 74.0 Å². The Bertz CT molecular complexity index is 5960. The molecular formula is C110H110N10O14S2. The van der Waals surface area contributed by atoms with E-state index in [-0.39, 0.29) is 96.1 Å².